The fourth-order valence-corrected chi connectivity index (χ4v) is 2.95. The highest BCUT2D eigenvalue weighted by atomic mass is 35.5. The van der Waals surface area contributed by atoms with Gasteiger partial charge < -0.3 is 10.8 Å². The SMILES string of the molecule is CC(C)CCC(O)C(N)(S)C1CCCCC1.Cl. The molecule has 3 N–H and O–H groups in total. The summed E-state index contributed by atoms with van der Waals surface area (Å²) in [5.41, 5.74) is 6.24. The first-order chi connectivity index (χ1) is 7.44. The molecule has 1 aliphatic rings. The molecule has 0 aliphatic heterocycles. The van der Waals surface area contributed by atoms with Crippen LogP contribution in [0.4, 0.5) is 0 Å². The second kappa shape index (κ2) is 7.88. The van der Waals surface area contributed by atoms with E-state index in [2.05, 4.69) is 26.5 Å². The average molecular weight is 282 g/mol. The molecular weight excluding hydrogens is 254 g/mol. The van der Waals surface area contributed by atoms with Crippen molar-refractivity contribution >= 4 is 25.0 Å². The average Bonchev–Trinajstić information content (AvgIpc) is 2.27. The van der Waals surface area contributed by atoms with Crippen molar-refractivity contribution in [2.24, 2.45) is 17.6 Å². The lowest BCUT2D eigenvalue weighted by atomic mass is 9.80. The number of nitrogens with two attached hydrogens (primary N) is 1. The zero-order valence-corrected chi connectivity index (χ0v) is 12.8. The molecule has 0 saturated heterocycles. The molecule has 0 bridgehead atoms. The molecule has 1 rings (SSSR count). The molecular formula is C13H28ClNOS. The third-order valence-corrected chi connectivity index (χ3v) is 4.47. The van der Waals surface area contributed by atoms with Crippen LogP contribution < -0.4 is 5.73 Å². The quantitative estimate of drug-likeness (QED) is 0.534. The molecule has 0 heterocycles. The van der Waals surface area contributed by atoms with E-state index in [0.717, 1.165) is 25.7 Å². The van der Waals surface area contributed by atoms with Gasteiger partial charge in [-0.1, -0.05) is 33.1 Å². The molecule has 0 amide bonds. The number of aliphatic hydroxyl groups is 1. The number of halogens is 1. The second-order valence-electron chi connectivity index (χ2n) is 5.71. The van der Waals surface area contributed by atoms with Gasteiger partial charge in [0.2, 0.25) is 0 Å². The first kappa shape index (κ1) is 17.6. The monoisotopic (exact) mass is 281 g/mol. The smallest absolute Gasteiger partial charge is 0.0882 e. The van der Waals surface area contributed by atoms with Crippen molar-refractivity contribution in [3.05, 3.63) is 0 Å². The van der Waals surface area contributed by atoms with Crippen LogP contribution in [0.2, 0.25) is 0 Å². The molecule has 0 aromatic carbocycles. The van der Waals surface area contributed by atoms with Crippen LogP contribution in [0.15, 0.2) is 0 Å². The van der Waals surface area contributed by atoms with Gasteiger partial charge in [0, 0.05) is 0 Å². The Kier molecular flexibility index (Phi) is 8.14. The van der Waals surface area contributed by atoms with Gasteiger partial charge in [0.15, 0.2) is 0 Å². The lowest BCUT2D eigenvalue weighted by molar-refractivity contribution is 0.0748. The Balaban J connectivity index is 0.00000256. The molecule has 2 nitrogen and oxygen atoms in total. The van der Waals surface area contributed by atoms with Gasteiger partial charge in [-0.25, -0.2) is 0 Å². The molecule has 4 heteroatoms. The Bertz CT molecular complexity index is 206. The second-order valence-corrected chi connectivity index (χ2v) is 6.48. The van der Waals surface area contributed by atoms with E-state index in [1.165, 1.54) is 19.3 Å². The van der Waals surface area contributed by atoms with Gasteiger partial charge in [-0.3, -0.25) is 0 Å². The number of hydrogen-bond donors (Lipinski definition) is 3. The minimum absolute atomic E-state index is 0. The van der Waals surface area contributed by atoms with Gasteiger partial charge in [-0.05, 0) is 37.5 Å². The summed E-state index contributed by atoms with van der Waals surface area (Å²) in [4.78, 5) is -0.685. The minimum Gasteiger partial charge on any atom is -0.390 e. The Morgan fingerprint density at radius 1 is 1.24 bits per heavy atom. The number of thiol groups is 1. The molecule has 104 valence electrons. The largest absolute Gasteiger partial charge is 0.390 e. The zero-order valence-electron chi connectivity index (χ0n) is 11.1. The molecule has 1 fully saturated rings. The van der Waals surface area contributed by atoms with Gasteiger partial charge in [0.25, 0.3) is 0 Å². The van der Waals surface area contributed by atoms with Crippen molar-refractivity contribution in [3.63, 3.8) is 0 Å². The Labute approximate surface area is 118 Å². The molecule has 0 spiro atoms. The van der Waals surface area contributed by atoms with E-state index in [-0.39, 0.29) is 12.4 Å². The zero-order chi connectivity index (χ0) is 12.2. The van der Waals surface area contributed by atoms with Gasteiger partial charge >= 0.3 is 0 Å². The third kappa shape index (κ3) is 5.37. The first-order valence-electron chi connectivity index (χ1n) is 6.64. The van der Waals surface area contributed by atoms with Crippen LogP contribution in [-0.2, 0) is 0 Å². The summed E-state index contributed by atoms with van der Waals surface area (Å²) in [6.07, 6.45) is 7.35. The van der Waals surface area contributed by atoms with Crippen molar-refractivity contribution in [2.45, 2.75) is 69.8 Å². The van der Waals surface area contributed by atoms with E-state index in [9.17, 15) is 5.11 Å². The maximum Gasteiger partial charge on any atom is 0.0882 e. The van der Waals surface area contributed by atoms with Gasteiger partial charge in [-0.15, -0.1) is 12.4 Å². The van der Waals surface area contributed by atoms with E-state index < -0.39 is 11.0 Å². The molecule has 0 aromatic heterocycles. The van der Waals surface area contributed by atoms with Crippen molar-refractivity contribution in [1.82, 2.24) is 0 Å². The molecule has 0 radical (unpaired) electrons. The predicted octanol–water partition coefficient (Wildman–Crippen LogP) is 3.37. The maximum absolute atomic E-state index is 10.2. The lowest BCUT2D eigenvalue weighted by Crippen LogP contribution is -2.52. The summed E-state index contributed by atoms with van der Waals surface area (Å²) in [7, 11) is 0. The normalized spacial score (nSPS) is 22.9. The molecule has 2 unspecified atom stereocenters. The topological polar surface area (TPSA) is 46.2 Å². The lowest BCUT2D eigenvalue weighted by Gasteiger charge is -2.39. The van der Waals surface area contributed by atoms with Crippen LogP contribution in [0.25, 0.3) is 0 Å². The Hall–Kier alpha value is 0.560. The van der Waals surface area contributed by atoms with E-state index in [4.69, 9.17) is 5.73 Å². The van der Waals surface area contributed by atoms with Crippen LogP contribution in [0.5, 0.6) is 0 Å². The number of rotatable bonds is 5. The Morgan fingerprint density at radius 2 is 1.76 bits per heavy atom. The van der Waals surface area contributed by atoms with E-state index >= 15 is 0 Å². The van der Waals surface area contributed by atoms with Gasteiger partial charge in [0.05, 0.1) is 11.0 Å². The molecule has 17 heavy (non-hydrogen) atoms. The maximum atomic E-state index is 10.2. The Morgan fingerprint density at radius 3 is 2.24 bits per heavy atom. The van der Waals surface area contributed by atoms with Crippen LogP contribution in [0.3, 0.4) is 0 Å². The van der Waals surface area contributed by atoms with Gasteiger partial charge in [-0.2, -0.15) is 12.6 Å². The first-order valence-corrected chi connectivity index (χ1v) is 7.08. The van der Waals surface area contributed by atoms with Crippen LogP contribution in [-0.4, -0.2) is 16.1 Å². The van der Waals surface area contributed by atoms with E-state index in [1.54, 1.807) is 0 Å². The number of hydrogen-bond acceptors (Lipinski definition) is 3. The highest BCUT2D eigenvalue weighted by Crippen LogP contribution is 2.36. The third-order valence-electron chi connectivity index (χ3n) is 3.81. The number of aliphatic hydroxyl groups excluding tert-OH is 1. The molecule has 1 saturated carbocycles. The summed E-state index contributed by atoms with van der Waals surface area (Å²) in [5.74, 6) is 0.997. The van der Waals surface area contributed by atoms with E-state index in [0.29, 0.717) is 11.8 Å². The molecule has 2 atom stereocenters. The highest BCUT2D eigenvalue weighted by Gasteiger charge is 2.38. The molecule has 0 aromatic rings. The summed E-state index contributed by atoms with van der Waals surface area (Å²) < 4.78 is 0. The van der Waals surface area contributed by atoms with Crippen molar-refractivity contribution in [2.75, 3.05) is 0 Å². The van der Waals surface area contributed by atoms with E-state index in [1.807, 2.05) is 0 Å². The summed E-state index contributed by atoms with van der Waals surface area (Å²) in [5, 5.41) is 10.2. The standard InChI is InChI=1S/C13H27NOS.ClH/c1-10(2)8-9-12(15)13(14,16)11-6-4-3-5-7-11;/h10-12,15-16H,3-9,14H2,1-2H3;1H. The van der Waals surface area contributed by atoms with Crippen LogP contribution in [0, 0.1) is 11.8 Å². The summed E-state index contributed by atoms with van der Waals surface area (Å²) >= 11 is 4.55. The predicted molar refractivity (Wildman–Crippen MR) is 79.8 cm³/mol. The van der Waals surface area contributed by atoms with Crippen LogP contribution in [0.1, 0.15) is 58.8 Å². The fourth-order valence-electron chi connectivity index (χ4n) is 2.56. The summed E-state index contributed by atoms with van der Waals surface area (Å²) in [6.45, 7) is 4.34. The van der Waals surface area contributed by atoms with Crippen molar-refractivity contribution in [3.8, 4) is 0 Å². The van der Waals surface area contributed by atoms with Crippen LogP contribution >= 0.6 is 25.0 Å². The highest BCUT2D eigenvalue weighted by molar-refractivity contribution is 7.81. The fraction of sp³-hybridized carbons (Fsp3) is 1.00. The van der Waals surface area contributed by atoms with Crippen molar-refractivity contribution in [1.29, 1.82) is 0 Å². The molecule has 1 aliphatic carbocycles. The van der Waals surface area contributed by atoms with Gasteiger partial charge in [0.1, 0.15) is 0 Å². The summed E-state index contributed by atoms with van der Waals surface area (Å²) in [6, 6.07) is 0. The minimum atomic E-state index is -0.685. The van der Waals surface area contributed by atoms with Crippen molar-refractivity contribution < 1.29 is 5.11 Å².